The molecule has 17 nitrogen and oxygen atoms in total. The van der Waals surface area contributed by atoms with Gasteiger partial charge in [-0.3, -0.25) is 34.0 Å². The second-order valence-corrected chi connectivity index (χ2v) is 13.7. The fourth-order valence-electron chi connectivity index (χ4n) is 5.96. The highest BCUT2D eigenvalue weighted by atomic mass is 16.4. The van der Waals surface area contributed by atoms with Gasteiger partial charge >= 0.3 is 29.9 Å². The van der Waals surface area contributed by atoms with Gasteiger partial charge in [-0.25, -0.2) is 14.4 Å². The van der Waals surface area contributed by atoms with Crippen molar-refractivity contribution in [2.45, 2.75) is 121 Å². The number of carbonyl (C=O) groups excluding carboxylic acids is 3. The van der Waals surface area contributed by atoms with Crippen LogP contribution in [0.15, 0.2) is 48.8 Å². The van der Waals surface area contributed by atoms with E-state index in [-0.39, 0.29) is 43.8 Å². The Morgan fingerprint density at radius 2 is 1.18 bits per heavy atom. The van der Waals surface area contributed by atoms with Crippen molar-refractivity contribution in [3.05, 3.63) is 60.2 Å². The molecule has 2 aromatic rings. The van der Waals surface area contributed by atoms with Crippen molar-refractivity contribution in [1.82, 2.24) is 30.8 Å². The number of nitrogens with one attached hydrogen (secondary N) is 3. The number of carbonyl (C=O) groups is 7. The fraction of sp³-hybridized carbons (Fsp3) is 0.564. The van der Waals surface area contributed by atoms with E-state index >= 15 is 0 Å². The summed E-state index contributed by atoms with van der Waals surface area (Å²) in [5.41, 5.74) is 1.88. The van der Waals surface area contributed by atoms with Gasteiger partial charge in [-0.05, 0) is 82.2 Å². The Bertz CT molecular complexity index is 1490. The molecule has 3 atom stereocenters. The third-order valence-electron chi connectivity index (χ3n) is 9.03. The number of carboxylic acids is 4. The quantitative estimate of drug-likeness (QED) is 0.0533. The predicted molar refractivity (Wildman–Crippen MR) is 203 cm³/mol. The molecule has 0 bridgehead atoms. The lowest BCUT2D eigenvalue weighted by atomic mass is 9.94. The molecular formula is C39H56N6O11. The first kappa shape index (κ1) is 46.7. The van der Waals surface area contributed by atoms with Gasteiger partial charge in [0, 0.05) is 57.7 Å². The van der Waals surface area contributed by atoms with Crippen molar-refractivity contribution in [1.29, 1.82) is 0 Å². The van der Waals surface area contributed by atoms with Crippen molar-refractivity contribution < 1.29 is 54.0 Å². The van der Waals surface area contributed by atoms with Gasteiger partial charge in [-0.1, -0.05) is 31.4 Å². The van der Waals surface area contributed by atoms with Gasteiger partial charge in [0.25, 0.3) is 0 Å². The minimum absolute atomic E-state index is 0.000416. The SMILES string of the molecule is O=C(O)CCC(NC(=O)NC(CCCCNC(=O)CCCCCCC(=O)CC(CCCCN(Cc1ccccn1)Cc1ccccn1)C(=O)O)C(=O)O)C(=O)O. The highest BCUT2D eigenvalue weighted by Crippen LogP contribution is 2.18. The second-order valence-electron chi connectivity index (χ2n) is 13.7. The standard InChI is InChI=1S/C39H56N6O11/c46-31(25-28(36(50)51)13-8-12-24-45(26-29-14-5-9-21-40-29)27-30-15-6-10-22-41-30)16-3-1-2-4-18-34(47)42-23-11-7-17-32(37(52)53)43-39(56)44-33(38(54)55)19-20-35(48)49/h5-6,9-10,14-15,21-22,28,32-33H,1-4,7-8,11-13,16-20,23-27H2,(H,42,47)(H,48,49)(H,50,51)(H,52,53)(H,54,55)(H2,43,44,56). The molecule has 56 heavy (non-hydrogen) atoms. The predicted octanol–water partition coefficient (Wildman–Crippen LogP) is 4.01. The molecule has 308 valence electrons. The van der Waals surface area contributed by atoms with E-state index in [1.807, 2.05) is 36.4 Å². The summed E-state index contributed by atoms with van der Waals surface area (Å²) in [6.45, 7) is 2.31. The maximum absolute atomic E-state index is 12.6. The van der Waals surface area contributed by atoms with Crippen LogP contribution in [0.1, 0.15) is 108 Å². The molecular weight excluding hydrogens is 728 g/mol. The van der Waals surface area contributed by atoms with Crippen molar-refractivity contribution in [3.8, 4) is 0 Å². The molecule has 17 heteroatoms. The number of unbranched alkanes of at least 4 members (excludes halogenated alkanes) is 5. The van der Waals surface area contributed by atoms with Gasteiger partial charge in [-0.2, -0.15) is 0 Å². The molecule has 0 aliphatic heterocycles. The van der Waals surface area contributed by atoms with Crippen LogP contribution in [0.25, 0.3) is 0 Å². The maximum atomic E-state index is 12.6. The average molecular weight is 785 g/mol. The first-order valence-corrected chi connectivity index (χ1v) is 19.1. The minimum atomic E-state index is -1.49. The van der Waals surface area contributed by atoms with Gasteiger partial charge in [-0.15, -0.1) is 0 Å². The summed E-state index contributed by atoms with van der Waals surface area (Å²) in [6, 6.07) is 7.71. The van der Waals surface area contributed by atoms with E-state index in [2.05, 4.69) is 30.8 Å². The van der Waals surface area contributed by atoms with Gasteiger partial charge in [0.2, 0.25) is 5.91 Å². The third kappa shape index (κ3) is 21.4. The molecule has 2 heterocycles. The first-order chi connectivity index (χ1) is 26.8. The molecule has 0 aliphatic carbocycles. The van der Waals surface area contributed by atoms with Crippen LogP contribution >= 0.6 is 0 Å². The van der Waals surface area contributed by atoms with E-state index in [0.29, 0.717) is 58.2 Å². The highest BCUT2D eigenvalue weighted by molar-refractivity contribution is 5.86. The zero-order valence-electron chi connectivity index (χ0n) is 31.8. The number of aliphatic carboxylic acids is 4. The number of hydrogen-bond acceptors (Lipinski definition) is 10. The van der Waals surface area contributed by atoms with Crippen molar-refractivity contribution >= 4 is 41.6 Å². The molecule has 0 aromatic carbocycles. The number of amides is 3. The molecule has 0 fully saturated rings. The Hall–Kier alpha value is -5.45. The molecule has 3 unspecified atom stereocenters. The van der Waals surface area contributed by atoms with E-state index in [1.54, 1.807) is 12.4 Å². The maximum Gasteiger partial charge on any atom is 0.326 e. The zero-order valence-corrected chi connectivity index (χ0v) is 31.8. The molecule has 3 amide bonds. The minimum Gasteiger partial charge on any atom is -0.481 e. The van der Waals surface area contributed by atoms with E-state index < -0.39 is 54.3 Å². The zero-order chi connectivity index (χ0) is 41.1. The normalized spacial score (nSPS) is 12.6. The smallest absolute Gasteiger partial charge is 0.326 e. The molecule has 2 aromatic heterocycles. The lowest BCUT2D eigenvalue weighted by molar-refractivity contribution is -0.144. The van der Waals surface area contributed by atoms with Gasteiger partial charge in [0.05, 0.1) is 17.3 Å². The van der Waals surface area contributed by atoms with E-state index in [1.165, 1.54) is 0 Å². The second kappa shape index (κ2) is 27.2. The summed E-state index contributed by atoms with van der Waals surface area (Å²) in [5.74, 6) is -5.96. The number of rotatable bonds is 31. The lowest BCUT2D eigenvalue weighted by Crippen LogP contribution is -2.51. The third-order valence-corrected chi connectivity index (χ3v) is 9.03. The van der Waals surface area contributed by atoms with Crippen molar-refractivity contribution in [2.75, 3.05) is 13.1 Å². The van der Waals surface area contributed by atoms with Crippen LogP contribution in [-0.4, -0.2) is 102 Å². The number of aromatic nitrogens is 2. The number of ketones is 1. The Balaban J connectivity index is 1.58. The number of Topliss-reactive ketones (excluding diaryl/α,β-unsaturated/α-hetero) is 1. The molecule has 0 spiro atoms. The molecule has 0 radical (unpaired) electrons. The summed E-state index contributed by atoms with van der Waals surface area (Å²) in [4.78, 5) is 93.4. The summed E-state index contributed by atoms with van der Waals surface area (Å²) >= 11 is 0. The van der Waals surface area contributed by atoms with Crippen LogP contribution in [0, 0.1) is 5.92 Å². The van der Waals surface area contributed by atoms with Crippen LogP contribution < -0.4 is 16.0 Å². The van der Waals surface area contributed by atoms with Crippen LogP contribution in [0.3, 0.4) is 0 Å². The number of pyridine rings is 2. The summed E-state index contributed by atoms with van der Waals surface area (Å²) in [6.07, 6.45) is 8.55. The molecule has 0 saturated carbocycles. The molecule has 2 rings (SSSR count). The number of urea groups is 1. The van der Waals surface area contributed by atoms with E-state index in [0.717, 1.165) is 37.2 Å². The summed E-state index contributed by atoms with van der Waals surface area (Å²) in [5, 5.41) is 44.1. The fourth-order valence-corrected chi connectivity index (χ4v) is 5.96. The lowest BCUT2D eigenvalue weighted by Gasteiger charge is -2.22. The topological polar surface area (TPSA) is 266 Å². The molecule has 7 N–H and O–H groups in total. The number of nitrogens with zero attached hydrogens (tertiary/aromatic N) is 3. The average Bonchev–Trinajstić information content (AvgIpc) is 3.15. The van der Waals surface area contributed by atoms with Crippen LogP contribution in [-0.2, 0) is 41.9 Å². The summed E-state index contributed by atoms with van der Waals surface area (Å²) < 4.78 is 0. The van der Waals surface area contributed by atoms with Crippen molar-refractivity contribution in [3.63, 3.8) is 0 Å². The highest BCUT2D eigenvalue weighted by Gasteiger charge is 2.25. The first-order valence-electron chi connectivity index (χ1n) is 19.1. The van der Waals surface area contributed by atoms with Crippen molar-refractivity contribution in [2.24, 2.45) is 5.92 Å². The monoisotopic (exact) mass is 784 g/mol. The van der Waals surface area contributed by atoms with Gasteiger partial charge < -0.3 is 36.4 Å². The van der Waals surface area contributed by atoms with Crippen LogP contribution in [0.2, 0.25) is 0 Å². The van der Waals surface area contributed by atoms with E-state index in [4.69, 9.17) is 10.2 Å². The Morgan fingerprint density at radius 1 is 0.607 bits per heavy atom. The Kier molecular flexibility index (Phi) is 22.7. The Labute approximate surface area is 326 Å². The molecule has 0 aliphatic rings. The van der Waals surface area contributed by atoms with E-state index in [9.17, 15) is 43.8 Å². The summed E-state index contributed by atoms with van der Waals surface area (Å²) in [7, 11) is 0. The van der Waals surface area contributed by atoms with Gasteiger partial charge in [0.15, 0.2) is 0 Å². The van der Waals surface area contributed by atoms with Crippen LogP contribution in [0.4, 0.5) is 4.79 Å². The number of carboxylic acid groups (broad SMARTS) is 4. The largest absolute Gasteiger partial charge is 0.481 e. The van der Waals surface area contributed by atoms with Crippen LogP contribution in [0.5, 0.6) is 0 Å². The molecule has 0 saturated heterocycles. The Morgan fingerprint density at radius 3 is 1.71 bits per heavy atom. The number of hydrogen-bond donors (Lipinski definition) is 7. The van der Waals surface area contributed by atoms with Gasteiger partial charge in [0.1, 0.15) is 17.9 Å².